The molecule has 0 radical (unpaired) electrons. The lowest BCUT2D eigenvalue weighted by Crippen LogP contribution is -2.13. The fourth-order valence-corrected chi connectivity index (χ4v) is 1.94. The van der Waals surface area contributed by atoms with Gasteiger partial charge in [0.25, 0.3) is 0 Å². The predicted molar refractivity (Wildman–Crippen MR) is 55.0 cm³/mol. The van der Waals surface area contributed by atoms with Crippen molar-refractivity contribution in [2.75, 3.05) is 5.73 Å². The lowest BCUT2D eigenvalue weighted by molar-refractivity contribution is 0.409. The quantitative estimate of drug-likeness (QED) is 0.776. The molecule has 0 bridgehead atoms. The molecule has 2 fully saturated rings. The van der Waals surface area contributed by atoms with E-state index in [2.05, 4.69) is 9.97 Å². The minimum absolute atomic E-state index is 0.609. The van der Waals surface area contributed by atoms with Crippen LogP contribution in [0.4, 0.5) is 5.82 Å². The molecule has 3 rings (SSSR count). The highest BCUT2D eigenvalue weighted by Crippen LogP contribution is 2.40. The Labute approximate surface area is 83.8 Å². The highest BCUT2D eigenvalue weighted by atomic mass is 15.0. The molecule has 3 nitrogen and oxygen atoms in total. The lowest BCUT2D eigenvalue weighted by atomic mass is 9.83. The summed E-state index contributed by atoms with van der Waals surface area (Å²) in [5.41, 5.74) is 6.98. The Morgan fingerprint density at radius 3 is 2.43 bits per heavy atom. The maximum Gasteiger partial charge on any atom is 0.134 e. The van der Waals surface area contributed by atoms with E-state index in [-0.39, 0.29) is 0 Å². The van der Waals surface area contributed by atoms with Crippen LogP contribution in [0.1, 0.15) is 55.5 Å². The van der Waals surface area contributed by atoms with Gasteiger partial charge in [-0.15, -0.1) is 0 Å². The summed E-state index contributed by atoms with van der Waals surface area (Å²) in [6.45, 7) is 0. The number of nitrogens with two attached hydrogens (primary N) is 1. The zero-order chi connectivity index (χ0) is 9.54. The van der Waals surface area contributed by atoms with E-state index in [4.69, 9.17) is 5.73 Å². The molecule has 2 aliphatic rings. The third-order valence-corrected chi connectivity index (χ3v) is 3.25. The summed E-state index contributed by atoms with van der Waals surface area (Å²) in [5.74, 6) is 2.92. The average molecular weight is 189 g/mol. The summed E-state index contributed by atoms with van der Waals surface area (Å²) in [6, 6.07) is 1.95. The molecule has 0 spiro atoms. The summed E-state index contributed by atoms with van der Waals surface area (Å²) < 4.78 is 0. The Balaban J connectivity index is 1.93. The molecule has 2 saturated carbocycles. The molecular formula is C11H15N3. The van der Waals surface area contributed by atoms with E-state index >= 15 is 0 Å². The number of nitrogens with zero attached hydrogens (tertiary/aromatic N) is 2. The Morgan fingerprint density at radius 1 is 1.07 bits per heavy atom. The fourth-order valence-electron chi connectivity index (χ4n) is 1.94. The summed E-state index contributed by atoms with van der Waals surface area (Å²) in [6.07, 6.45) is 6.38. The second-order valence-corrected chi connectivity index (χ2v) is 4.48. The van der Waals surface area contributed by atoms with E-state index < -0.39 is 0 Å². The van der Waals surface area contributed by atoms with E-state index in [9.17, 15) is 0 Å². The van der Waals surface area contributed by atoms with Crippen molar-refractivity contribution < 1.29 is 0 Å². The van der Waals surface area contributed by atoms with Crippen LogP contribution in [0.2, 0.25) is 0 Å². The SMILES string of the molecule is Nc1cc(C2CCC2)nc(C2CC2)n1. The van der Waals surface area contributed by atoms with Gasteiger partial charge in [0, 0.05) is 23.6 Å². The van der Waals surface area contributed by atoms with E-state index in [0.717, 1.165) is 5.82 Å². The van der Waals surface area contributed by atoms with Crippen LogP contribution in [0.25, 0.3) is 0 Å². The molecule has 0 amide bonds. The first-order valence-corrected chi connectivity index (χ1v) is 5.47. The van der Waals surface area contributed by atoms with Gasteiger partial charge in [0.1, 0.15) is 11.6 Å². The first-order valence-electron chi connectivity index (χ1n) is 5.47. The monoisotopic (exact) mass is 189 g/mol. The molecule has 74 valence electrons. The Hall–Kier alpha value is -1.12. The van der Waals surface area contributed by atoms with Gasteiger partial charge < -0.3 is 5.73 Å². The third-order valence-electron chi connectivity index (χ3n) is 3.25. The Bertz CT molecular complexity index is 354. The lowest BCUT2D eigenvalue weighted by Gasteiger charge is -2.25. The van der Waals surface area contributed by atoms with Crippen molar-refractivity contribution in [3.8, 4) is 0 Å². The number of hydrogen-bond acceptors (Lipinski definition) is 3. The second kappa shape index (κ2) is 2.94. The van der Waals surface area contributed by atoms with Crippen molar-refractivity contribution in [2.45, 2.75) is 43.9 Å². The van der Waals surface area contributed by atoms with Crippen molar-refractivity contribution in [3.63, 3.8) is 0 Å². The number of hydrogen-bond donors (Lipinski definition) is 1. The third kappa shape index (κ3) is 1.37. The van der Waals surface area contributed by atoms with E-state index in [1.807, 2.05) is 6.07 Å². The summed E-state index contributed by atoms with van der Waals surface area (Å²) in [4.78, 5) is 8.93. The van der Waals surface area contributed by atoms with Gasteiger partial charge in [0.15, 0.2) is 0 Å². The zero-order valence-corrected chi connectivity index (χ0v) is 8.24. The van der Waals surface area contributed by atoms with E-state index in [1.165, 1.54) is 37.8 Å². The van der Waals surface area contributed by atoms with Gasteiger partial charge in [-0.05, 0) is 25.7 Å². The molecule has 2 N–H and O–H groups in total. The molecule has 0 atom stereocenters. The number of rotatable bonds is 2. The van der Waals surface area contributed by atoms with E-state index in [0.29, 0.717) is 17.7 Å². The molecule has 0 saturated heterocycles. The van der Waals surface area contributed by atoms with Crippen LogP contribution >= 0.6 is 0 Å². The Kier molecular flexibility index (Phi) is 1.72. The molecule has 0 unspecified atom stereocenters. The summed E-state index contributed by atoms with van der Waals surface area (Å²) >= 11 is 0. The normalized spacial score (nSPS) is 22.0. The summed E-state index contributed by atoms with van der Waals surface area (Å²) in [7, 11) is 0. The van der Waals surface area contributed by atoms with Crippen LogP contribution in [-0.2, 0) is 0 Å². The van der Waals surface area contributed by atoms with Crippen molar-refractivity contribution in [3.05, 3.63) is 17.6 Å². The van der Waals surface area contributed by atoms with Crippen molar-refractivity contribution in [2.24, 2.45) is 0 Å². The largest absolute Gasteiger partial charge is 0.384 e. The summed E-state index contributed by atoms with van der Waals surface area (Å²) in [5, 5.41) is 0. The highest BCUT2D eigenvalue weighted by molar-refractivity contribution is 5.33. The van der Waals surface area contributed by atoms with Crippen LogP contribution in [0, 0.1) is 0 Å². The zero-order valence-electron chi connectivity index (χ0n) is 8.24. The average Bonchev–Trinajstić information content (AvgIpc) is 2.80. The maximum atomic E-state index is 5.79. The van der Waals surface area contributed by atoms with Crippen molar-refractivity contribution in [1.29, 1.82) is 0 Å². The van der Waals surface area contributed by atoms with E-state index in [1.54, 1.807) is 0 Å². The number of nitrogen functional groups attached to an aromatic ring is 1. The van der Waals surface area contributed by atoms with Gasteiger partial charge in [-0.2, -0.15) is 0 Å². The fraction of sp³-hybridized carbons (Fsp3) is 0.636. The standard InChI is InChI=1S/C11H15N3/c12-10-6-9(7-2-1-3-7)13-11(14-10)8-4-5-8/h6-8H,1-5H2,(H2,12,13,14). The molecule has 3 heteroatoms. The molecule has 1 aromatic heterocycles. The van der Waals surface area contributed by atoms with Gasteiger partial charge in [0.2, 0.25) is 0 Å². The number of aromatic nitrogens is 2. The molecule has 2 aliphatic carbocycles. The minimum atomic E-state index is 0.609. The first kappa shape index (κ1) is 8.21. The van der Waals surface area contributed by atoms with Crippen LogP contribution in [-0.4, -0.2) is 9.97 Å². The second-order valence-electron chi connectivity index (χ2n) is 4.48. The van der Waals surface area contributed by atoms with Crippen molar-refractivity contribution >= 4 is 5.82 Å². The predicted octanol–water partition coefficient (Wildman–Crippen LogP) is 2.20. The van der Waals surface area contributed by atoms with Crippen LogP contribution in [0.15, 0.2) is 6.07 Å². The van der Waals surface area contributed by atoms with Crippen LogP contribution in [0.5, 0.6) is 0 Å². The van der Waals surface area contributed by atoms with Crippen LogP contribution < -0.4 is 5.73 Å². The van der Waals surface area contributed by atoms with Gasteiger partial charge in [-0.25, -0.2) is 9.97 Å². The molecule has 1 aromatic rings. The van der Waals surface area contributed by atoms with Crippen LogP contribution in [0.3, 0.4) is 0 Å². The van der Waals surface area contributed by atoms with Gasteiger partial charge >= 0.3 is 0 Å². The molecular weight excluding hydrogens is 174 g/mol. The van der Waals surface area contributed by atoms with Gasteiger partial charge in [-0.1, -0.05) is 6.42 Å². The first-order chi connectivity index (χ1) is 6.83. The number of anilines is 1. The Morgan fingerprint density at radius 2 is 1.86 bits per heavy atom. The molecule has 0 aromatic carbocycles. The highest BCUT2D eigenvalue weighted by Gasteiger charge is 2.29. The molecule has 1 heterocycles. The smallest absolute Gasteiger partial charge is 0.134 e. The minimum Gasteiger partial charge on any atom is -0.384 e. The maximum absolute atomic E-state index is 5.79. The topological polar surface area (TPSA) is 51.8 Å². The van der Waals surface area contributed by atoms with Gasteiger partial charge in [0.05, 0.1) is 0 Å². The van der Waals surface area contributed by atoms with Gasteiger partial charge in [-0.3, -0.25) is 0 Å². The molecule has 14 heavy (non-hydrogen) atoms. The van der Waals surface area contributed by atoms with Crippen molar-refractivity contribution in [1.82, 2.24) is 9.97 Å². The molecule has 0 aliphatic heterocycles.